The molecule has 0 saturated carbocycles. The summed E-state index contributed by atoms with van der Waals surface area (Å²) in [6.45, 7) is 6.42. The van der Waals surface area contributed by atoms with Crippen molar-refractivity contribution in [3.05, 3.63) is 97.2 Å². The van der Waals surface area contributed by atoms with Gasteiger partial charge in [0.1, 0.15) is 13.2 Å². The number of carbonyl (C=O) groups is 3. The van der Waals surface area contributed by atoms with E-state index in [0.29, 0.717) is 19.3 Å². The highest BCUT2D eigenvalue weighted by Crippen LogP contribution is 2.13. The van der Waals surface area contributed by atoms with Gasteiger partial charge >= 0.3 is 17.9 Å². The van der Waals surface area contributed by atoms with Gasteiger partial charge in [0.05, 0.1) is 0 Å². The van der Waals surface area contributed by atoms with Gasteiger partial charge in [0.2, 0.25) is 0 Å². The van der Waals surface area contributed by atoms with Crippen molar-refractivity contribution in [3.63, 3.8) is 0 Å². The van der Waals surface area contributed by atoms with E-state index in [-0.39, 0.29) is 31.1 Å². The molecule has 0 fully saturated rings. The van der Waals surface area contributed by atoms with Crippen molar-refractivity contribution >= 4 is 17.9 Å². The first-order valence-electron chi connectivity index (χ1n) is 26.7. The first-order valence-corrected chi connectivity index (χ1v) is 26.7. The third kappa shape index (κ3) is 51.2. The highest BCUT2D eigenvalue weighted by atomic mass is 16.6. The maximum Gasteiger partial charge on any atom is 0.306 e. The van der Waals surface area contributed by atoms with Crippen LogP contribution in [0.5, 0.6) is 0 Å². The largest absolute Gasteiger partial charge is 0.462 e. The topological polar surface area (TPSA) is 78.9 Å². The Hall–Kier alpha value is -3.67. The summed E-state index contributed by atoms with van der Waals surface area (Å²) in [7, 11) is 0. The van der Waals surface area contributed by atoms with E-state index in [4.69, 9.17) is 14.2 Å². The van der Waals surface area contributed by atoms with Crippen molar-refractivity contribution in [2.24, 2.45) is 0 Å². The molecule has 1 atom stereocenters. The van der Waals surface area contributed by atoms with E-state index in [1.165, 1.54) is 89.9 Å². The zero-order chi connectivity index (χ0) is 47.2. The summed E-state index contributed by atoms with van der Waals surface area (Å²) in [5.41, 5.74) is 0. The normalized spacial score (nSPS) is 12.8. The average molecular weight is 903 g/mol. The minimum atomic E-state index is -0.807. The lowest BCUT2D eigenvalue weighted by atomic mass is 10.1. The average Bonchev–Trinajstić information content (AvgIpc) is 3.30. The molecule has 370 valence electrons. The summed E-state index contributed by atoms with van der Waals surface area (Å²) in [6.07, 6.45) is 69.6. The molecule has 6 heteroatoms. The van der Waals surface area contributed by atoms with Crippen LogP contribution in [-0.4, -0.2) is 37.2 Å². The maximum atomic E-state index is 12.8. The SMILES string of the molecule is CC/C=C\C/C=C\C/C=C\C/C=C\CCCCC(=O)OC[C@H](COC(=O)CCCCCC/C=C\C/C=C\C/C=C\CCCCC)OC(=O)CCCCCCCCC/C=C\CCCCCC. The summed E-state index contributed by atoms with van der Waals surface area (Å²) < 4.78 is 16.8. The van der Waals surface area contributed by atoms with Crippen molar-refractivity contribution in [3.8, 4) is 0 Å². The molecule has 6 nitrogen and oxygen atoms in total. The van der Waals surface area contributed by atoms with E-state index < -0.39 is 6.10 Å². The number of hydrogen-bond donors (Lipinski definition) is 0. The Morgan fingerprint density at radius 3 is 1.02 bits per heavy atom. The van der Waals surface area contributed by atoms with Gasteiger partial charge in [-0.1, -0.05) is 195 Å². The quantitative estimate of drug-likeness (QED) is 0.0262. The Kier molecular flexibility index (Phi) is 50.0. The molecule has 0 saturated heterocycles. The number of esters is 3. The minimum Gasteiger partial charge on any atom is -0.462 e. The van der Waals surface area contributed by atoms with E-state index in [1.807, 2.05) is 0 Å². The zero-order valence-electron chi connectivity index (χ0n) is 42.2. The van der Waals surface area contributed by atoms with Crippen LogP contribution in [0.1, 0.15) is 239 Å². The minimum absolute atomic E-state index is 0.105. The van der Waals surface area contributed by atoms with Gasteiger partial charge in [0.25, 0.3) is 0 Å². The zero-order valence-corrected chi connectivity index (χ0v) is 42.2. The van der Waals surface area contributed by atoms with Crippen molar-refractivity contribution in [1.29, 1.82) is 0 Å². The van der Waals surface area contributed by atoms with Gasteiger partial charge in [0.15, 0.2) is 6.10 Å². The highest BCUT2D eigenvalue weighted by molar-refractivity contribution is 5.71. The van der Waals surface area contributed by atoms with E-state index in [0.717, 1.165) is 109 Å². The van der Waals surface area contributed by atoms with Crippen LogP contribution in [0.25, 0.3) is 0 Å². The molecule has 0 rings (SSSR count). The Labute approximate surface area is 400 Å². The number of rotatable bonds is 47. The molecule has 65 heavy (non-hydrogen) atoms. The molecule has 0 heterocycles. The monoisotopic (exact) mass is 903 g/mol. The molecule has 0 unspecified atom stereocenters. The molecule has 0 radical (unpaired) electrons. The van der Waals surface area contributed by atoms with Crippen LogP contribution in [0.15, 0.2) is 97.2 Å². The van der Waals surface area contributed by atoms with Gasteiger partial charge in [-0.15, -0.1) is 0 Å². The van der Waals surface area contributed by atoms with Crippen LogP contribution < -0.4 is 0 Å². The molecule has 0 spiro atoms. The van der Waals surface area contributed by atoms with E-state index in [1.54, 1.807) is 0 Å². The molecule has 0 amide bonds. The predicted molar refractivity (Wildman–Crippen MR) is 279 cm³/mol. The van der Waals surface area contributed by atoms with Crippen LogP contribution in [0.3, 0.4) is 0 Å². The summed E-state index contributed by atoms with van der Waals surface area (Å²) in [5.74, 6) is -0.973. The molecule has 0 aliphatic rings. The molecular formula is C59H98O6. The number of allylic oxidation sites excluding steroid dienone is 16. The molecule has 0 aromatic heterocycles. The lowest BCUT2D eigenvalue weighted by molar-refractivity contribution is -0.167. The smallest absolute Gasteiger partial charge is 0.306 e. The van der Waals surface area contributed by atoms with Crippen molar-refractivity contribution < 1.29 is 28.6 Å². The van der Waals surface area contributed by atoms with Crippen LogP contribution in [0.2, 0.25) is 0 Å². The third-order valence-corrected chi connectivity index (χ3v) is 11.0. The van der Waals surface area contributed by atoms with Gasteiger partial charge in [-0.05, 0) is 122 Å². The fourth-order valence-electron chi connectivity index (χ4n) is 7.02. The van der Waals surface area contributed by atoms with Crippen molar-refractivity contribution in [2.75, 3.05) is 13.2 Å². The van der Waals surface area contributed by atoms with Crippen LogP contribution >= 0.6 is 0 Å². The first kappa shape index (κ1) is 61.3. The lowest BCUT2D eigenvalue weighted by Crippen LogP contribution is -2.30. The van der Waals surface area contributed by atoms with Crippen molar-refractivity contribution in [1.82, 2.24) is 0 Å². The summed E-state index contributed by atoms with van der Waals surface area (Å²) >= 11 is 0. The Morgan fingerprint density at radius 1 is 0.323 bits per heavy atom. The van der Waals surface area contributed by atoms with E-state index in [9.17, 15) is 14.4 Å². The second-order valence-electron chi connectivity index (χ2n) is 17.4. The molecule has 0 aliphatic heterocycles. The fourth-order valence-corrected chi connectivity index (χ4v) is 7.02. The van der Waals surface area contributed by atoms with Crippen LogP contribution in [0.4, 0.5) is 0 Å². The molecule has 0 aromatic carbocycles. The second-order valence-corrected chi connectivity index (χ2v) is 17.4. The predicted octanol–water partition coefficient (Wildman–Crippen LogP) is 17.8. The van der Waals surface area contributed by atoms with Crippen molar-refractivity contribution in [2.45, 2.75) is 245 Å². The number of unbranched alkanes of at least 4 members (excludes halogenated alkanes) is 20. The fraction of sp³-hybridized carbons (Fsp3) is 0.678. The Balaban J connectivity index is 4.50. The summed E-state index contributed by atoms with van der Waals surface area (Å²) in [5, 5.41) is 0. The van der Waals surface area contributed by atoms with Crippen LogP contribution in [-0.2, 0) is 28.6 Å². The molecule has 0 aromatic rings. The lowest BCUT2D eigenvalue weighted by Gasteiger charge is -2.18. The van der Waals surface area contributed by atoms with Crippen LogP contribution in [0, 0.1) is 0 Å². The number of carbonyl (C=O) groups excluding carboxylic acids is 3. The Morgan fingerprint density at radius 2 is 0.600 bits per heavy atom. The number of ether oxygens (including phenoxy) is 3. The van der Waals surface area contributed by atoms with Gasteiger partial charge in [-0.25, -0.2) is 0 Å². The molecule has 0 aliphatic carbocycles. The van der Waals surface area contributed by atoms with Gasteiger partial charge < -0.3 is 14.2 Å². The third-order valence-electron chi connectivity index (χ3n) is 11.0. The van der Waals surface area contributed by atoms with Gasteiger partial charge in [-0.3, -0.25) is 14.4 Å². The first-order chi connectivity index (χ1) is 32.0. The number of hydrogen-bond acceptors (Lipinski definition) is 6. The second kappa shape index (κ2) is 52.9. The maximum absolute atomic E-state index is 12.8. The molecular weight excluding hydrogens is 805 g/mol. The highest BCUT2D eigenvalue weighted by Gasteiger charge is 2.19. The standard InChI is InChI=1S/C59H98O6/c1-4-7-10-13-16-19-22-25-28-29-32-34-37-40-43-46-49-52-58(61)64-55-56(65-59(62)53-50-47-44-41-38-35-31-27-24-21-18-15-12-9-6-3)54-63-57(60)51-48-45-42-39-36-33-30-26-23-20-17-14-11-8-5-2/h8,11,16-17,19-21,24-26,28,30,32,34,36,39,56H,4-7,9-10,12-15,18,22-23,27,29,31,33,35,37-38,40-55H2,1-3H3/b11-8-,19-16-,20-17-,24-21-,28-25-,30-26-,34-32-,39-36-/t56-/m1/s1. The molecule has 0 bridgehead atoms. The van der Waals surface area contributed by atoms with Gasteiger partial charge in [-0.2, -0.15) is 0 Å². The summed E-state index contributed by atoms with van der Waals surface area (Å²) in [6, 6.07) is 0. The van der Waals surface area contributed by atoms with E-state index in [2.05, 4.69) is 118 Å². The van der Waals surface area contributed by atoms with E-state index >= 15 is 0 Å². The van der Waals surface area contributed by atoms with Gasteiger partial charge in [0, 0.05) is 19.3 Å². The Bertz CT molecular complexity index is 1310. The molecule has 0 N–H and O–H groups in total. The summed E-state index contributed by atoms with van der Waals surface area (Å²) in [4.78, 5) is 38.0.